The van der Waals surface area contributed by atoms with Gasteiger partial charge < -0.3 is 10.5 Å². The van der Waals surface area contributed by atoms with E-state index in [9.17, 15) is 10.1 Å². The maximum Gasteiger partial charge on any atom is 0.262 e. The number of nitrogens with two attached hydrogens (primary N) is 1. The van der Waals surface area contributed by atoms with Crippen LogP contribution < -0.4 is 5.73 Å². The van der Waals surface area contributed by atoms with Gasteiger partial charge in [-0.25, -0.2) is 4.99 Å². The van der Waals surface area contributed by atoms with Gasteiger partial charge in [-0.2, -0.15) is 5.26 Å². The van der Waals surface area contributed by atoms with Gasteiger partial charge in [-0.15, -0.1) is 0 Å². The van der Waals surface area contributed by atoms with Crippen LogP contribution >= 0.6 is 0 Å². The molecule has 1 aromatic carbocycles. The zero-order valence-electron chi connectivity index (χ0n) is 16.1. The first-order valence-corrected chi connectivity index (χ1v) is 10.4. The fourth-order valence-electron chi connectivity index (χ4n) is 5.95. The molecule has 0 radical (unpaired) electrons. The third kappa shape index (κ3) is 2.29. The fourth-order valence-corrected chi connectivity index (χ4v) is 5.95. The average molecular weight is 378 g/mol. The molecule has 2 aliphatic carbocycles. The van der Waals surface area contributed by atoms with E-state index in [1.54, 1.807) is 4.90 Å². The highest BCUT2D eigenvalue weighted by atomic mass is 16.5. The minimum absolute atomic E-state index is 0.0174. The van der Waals surface area contributed by atoms with Crippen LogP contribution in [0, 0.1) is 16.7 Å². The van der Waals surface area contributed by atoms with Crippen molar-refractivity contribution in [1.29, 1.82) is 5.26 Å². The van der Waals surface area contributed by atoms with E-state index >= 15 is 0 Å². The second-order valence-corrected chi connectivity index (χ2v) is 8.73. The number of nitriles is 1. The Morgan fingerprint density at radius 3 is 2.82 bits per heavy atom. The quantitative estimate of drug-likeness (QED) is 0.856. The molecule has 4 aliphatic rings. The molecule has 2 unspecified atom stereocenters. The first-order chi connectivity index (χ1) is 13.6. The third-order valence-electron chi connectivity index (χ3n) is 7.26. The summed E-state index contributed by atoms with van der Waals surface area (Å²) in [4.78, 5) is 20.5. The van der Waals surface area contributed by atoms with Crippen molar-refractivity contribution in [3.63, 3.8) is 0 Å². The molecule has 1 saturated heterocycles. The highest BCUT2D eigenvalue weighted by Crippen LogP contribution is 2.61. The molecular weight excluding hydrogens is 352 g/mol. The van der Waals surface area contributed by atoms with E-state index in [4.69, 9.17) is 15.5 Å². The van der Waals surface area contributed by atoms with Crippen molar-refractivity contribution in [2.75, 3.05) is 13.2 Å². The van der Waals surface area contributed by atoms with Gasteiger partial charge in [0.05, 0.1) is 24.3 Å². The maximum absolute atomic E-state index is 14.0. The molecule has 6 heteroatoms. The van der Waals surface area contributed by atoms with Crippen molar-refractivity contribution in [1.82, 2.24) is 4.90 Å². The molecule has 1 amide bonds. The Bertz CT molecular complexity index is 890. The van der Waals surface area contributed by atoms with Gasteiger partial charge in [0.2, 0.25) is 0 Å². The lowest BCUT2D eigenvalue weighted by atomic mass is 9.62. The highest BCUT2D eigenvalue weighted by molar-refractivity contribution is 6.08. The van der Waals surface area contributed by atoms with Gasteiger partial charge in [-0.3, -0.25) is 9.69 Å². The number of guanidine groups is 1. The molecule has 5 rings (SSSR count). The summed E-state index contributed by atoms with van der Waals surface area (Å²) in [6, 6.07) is 7.97. The molecule has 1 saturated carbocycles. The lowest BCUT2D eigenvalue weighted by Gasteiger charge is -2.43. The summed E-state index contributed by atoms with van der Waals surface area (Å²) in [5.74, 6) is 0.289. The standard InChI is InChI=1S/C22H26N4O2/c23-13-15-6-7-16-12-21(8-2-1-3-9-21)22(18(16)11-15)19(27)26(20(24)25-22)14-17-5-4-10-28-17/h6-7,11,17H,1-5,8-10,12,14H2,(H2,24,25). The first kappa shape index (κ1) is 17.7. The van der Waals surface area contributed by atoms with Crippen LogP contribution in [0.1, 0.15) is 61.6 Å². The van der Waals surface area contributed by atoms with Crippen molar-refractivity contribution >= 4 is 11.9 Å². The number of ether oxygens (including phenoxy) is 1. The molecule has 0 bridgehead atoms. The van der Waals surface area contributed by atoms with Crippen molar-refractivity contribution in [3.8, 4) is 6.07 Å². The summed E-state index contributed by atoms with van der Waals surface area (Å²) >= 11 is 0. The van der Waals surface area contributed by atoms with E-state index in [2.05, 4.69) is 6.07 Å². The number of nitrogens with zero attached hydrogens (tertiary/aromatic N) is 3. The van der Waals surface area contributed by atoms with Crippen molar-refractivity contribution in [2.45, 2.75) is 63.0 Å². The highest BCUT2D eigenvalue weighted by Gasteiger charge is 2.66. The second kappa shape index (κ2) is 6.31. The summed E-state index contributed by atoms with van der Waals surface area (Å²) in [6.45, 7) is 1.21. The lowest BCUT2D eigenvalue weighted by Crippen LogP contribution is -2.52. The molecule has 146 valence electrons. The van der Waals surface area contributed by atoms with E-state index in [0.717, 1.165) is 62.7 Å². The summed E-state index contributed by atoms with van der Waals surface area (Å²) in [5.41, 5.74) is 7.77. The average Bonchev–Trinajstić information content (AvgIpc) is 3.38. The van der Waals surface area contributed by atoms with Crippen LogP contribution in [0.15, 0.2) is 23.2 Å². The number of carbonyl (C=O) groups is 1. The first-order valence-electron chi connectivity index (χ1n) is 10.4. The molecule has 2 heterocycles. The van der Waals surface area contributed by atoms with Crippen LogP contribution in [-0.2, 0) is 21.5 Å². The zero-order chi connectivity index (χ0) is 19.4. The molecule has 2 atom stereocenters. The third-order valence-corrected chi connectivity index (χ3v) is 7.26. The number of rotatable bonds is 2. The van der Waals surface area contributed by atoms with Gasteiger partial charge in [0.1, 0.15) is 0 Å². The van der Waals surface area contributed by atoms with E-state index in [1.165, 1.54) is 6.42 Å². The van der Waals surface area contributed by atoms with Crippen LogP contribution in [0.2, 0.25) is 0 Å². The molecule has 2 fully saturated rings. The van der Waals surface area contributed by atoms with E-state index in [-0.39, 0.29) is 17.4 Å². The number of hydrogen-bond donors (Lipinski definition) is 1. The maximum atomic E-state index is 14.0. The SMILES string of the molecule is N#Cc1ccc2c(c1)C1(N=C(N)N(CC3CCCO3)C1=O)C1(CCCCC1)C2. The Labute approximate surface area is 165 Å². The number of fused-ring (bicyclic) bond motifs is 3. The van der Waals surface area contributed by atoms with E-state index in [0.29, 0.717) is 18.1 Å². The summed E-state index contributed by atoms with van der Waals surface area (Å²) < 4.78 is 5.76. The lowest BCUT2D eigenvalue weighted by molar-refractivity contribution is -0.138. The molecule has 28 heavy (non-hydrogen) atoms. The van der Waals surface area contributed by atoms with Crippen molar-refractivity contribution in [3.05, 3.63) is 34.9 Å². The van der Waals surface area contributed by atoms with Crippen molar-refractivity contribution < 1.29 is 9.53 Å². The van der Waals surface area contributed by atoms with E-state index in [1.807, 2.05) is 18.2 Å². The zero-order valence-corrected chi connectivity index (χ0v) is 16.1. The fraction of sp³-hybridized carbons (Fsp3) is 0.591. The number of carbonyl (C=O) groups excluding carboxylic acids is 1. The Kier molecular flexibility index (Phi) is 3.99. The van der Waals surface area contributed by atoms with Crippen LogP contribution in [0.5, 0.6) is 0 Å². The van der Waals surface area contributed by atoms with E-state index < -0.39 is 5.54 Å². The van der Waals surface area contributed by atoms with Gasteiger partial charge in [0.25, 0.3) is 5.91 Å². The summed E-state index contributed by atoms with van der Waals surface area (Å²) in [5, 5.41) is 9.44. The Balaban J connectivity index is 1.62. The topological polar surface area (TPSA) is 91.7 Å². The second-order valence-electron chi connectivity index (χ2n) is 8.73. The summed E-state index contributed by atoms with van der Waals surface area (Å²) in [6.07, 6.45) is 8.19. The number of amides is 1. The van der Waals surface area contributed by atoms with Crippen LogP contribution in [0.25, 0.3) is 0 Å². The van der Waals surface area contributed by atoms with Gasteiger partial charge >= 0.3 is 0 Å². The molecule has 6 nitrogen and oxygen atoms in total. The van der Waals surface area contributed by atoms with Gasteiger partial charge in [0, 0.05) is 12.0 Å². The van der Waals surface area contributed by atoms with Crippen LogP contribution in [-0.4, -0.2) is 36.0 Å². The van der Waals surface area contributed by atoms with Gasteiger partial charge in [0.15, 0.2) is 11.5 Å². The minimum Gasteiger partial charge on any atom is -0.376 e. The predicted octanol–water partition coefficient (Wildman–Crippen LogP) is 2.60. The Morgan fingerprint density at radius 1 is 1.29 bits per heavy atom. The molecule has 2 spiro atoms. The normalized spacial score (nSPS) is 30.7. The minimum atomic E-state index is -0.974. The van der Waals surface area contributed by atoms with Crippen LogP contribution in [0.4, 0.5) is 0 Å². The monoisotopic (exact) mass is 378 g/mol. The molecule has 2 N–H and O–H groups in total. The predicted molar refractivity (Wildman–Crippen MR) is 104 cm³/mol. The molecule has 0 aromatic heterocycles. The van der Waals surface area contributed by atoms with Crippen LogP contribution in [0.3, 0.4) is 0 Å². The number of hydrogen-bond acceptors (Lipinski definition) is 5. The van der Waals surface area contributed by atoms with Gasteiger partial charge in [-0.05, 0) is 55.4 Å². The van der Waals surface area contributed by atoms with Gasteiger partial charge in [-0.1, -0.05) is 25.3 Å². The molecular formula is C22H26N4O2. The smallest absolute Gasteiger partial charge is 0.262 e. The molecule has 1 aromatic rings. The number of aliphatic imine (C=N–C) groups is 1. The largest absolute Gasteiger partial charge is 0.376 e. The summed E-state index contributed by atoms with van der Waals surface area (Å²) in [7, 11) is 0. The molecule has 2 aliphatic heterocycles. The number of benzene rings is 1. The Morgan fingerprint density at radius 2 is 2.11 bits per heavy atom. The van der Waals surface area contributed by atoms with Crippen molar-refractivity contribution in [2.24, 2.45) is 16.1 Å². The Hall–Kier alpha value is -2.39.